The Hall–Kier alpha value is -2.51. The van der Waals surface area contributed by atoms with Crippen LogP contribution in [0.5, 0.6) is 17.2 Å². The molecule has 2 aromatic rings. The molecule has 1 amide bonds. The fraction of sp³-hybridized carbons (Fsp3) is 0.304. The van der Waals surface area contributed by atoms with E-state index in [-0.39, 0.29) is 5.91 Å². The number of carbonyl (C=O) groups is 1. The lowest BCUT2D eigenvalue weighted by atomic mass is 10.1. The normalized spacial score (nSPS) is 15.1. The SMILES string of the molecule is COc1cccc(/C=C2\SC(=S)N(C)C2=O)c1OCCCOc1ccc(C)c(C)c1. The molecule has 1 saturated heterocycles. The summed E-state index contributed by atoms with van der Waals surface area (Å²) in [6.45, 7) is 5.15. The number of thiocarbonyl (C=S) groups is 1. The van der Waals surface area contributed by atoms with Gasteiger partial charge < -0.3 is 14.2 Å². The van der Waals surface area contributed by atoms with E-state index in [1.165, 1.54) is 27.8 Å². The van der Waals surface area contributed by atoms with Crippen LogP contribution in [0, 0.1) is 13.8 Å². The summed E-state index contributed by atoms with van der Waals surface area (Å²) in [4.78, 5) is 14.4. The van der Waals surface area contributed by atoms with E-state index in [0.29, 0.717) is 40.4 Å². The monoisotopic (exact) mass is 443 g/mol. The molecule has 0 spiro atoms. The maximum Gasteiger partial charge on any atom is 0.265 e. The van der Waals surface area contributed by atoms with Gasteiger partial charge in [-0.3, -0.25) is 9.69 Å². The van der Waals surface area contributed by atoms with E-state index in [1.807, 2.05) is 30.3 Å². The Morgan fingerprint density at radius 2 is 1.87 bits per heavy atom. The van der Waals surface area contributed by atoms with Gasteiger partial charge in [0.2, 0.25) is 0 Å². The molecular weight excluding hydrogens is 418 g/mol. The van der Waals surface area contributed by atoms with Crippen LogP contribution in [0.25, 0.3) is 6.08 Å². The van der Waals surface area contributed by atoms with Gasteiger partial charge >= 0.3 is 0 Å². The van der Waals surface area contributed by atoms with Gasteiger partial charge in [0.05, 0.1) is 25.2 Å². The zero-order valence-electron chi connectivity index (χ0n) is 17.6. The van der Waals surface area contributed by atoms with Crippen LogP contribution >= 0.6 is 24.0 Å². The molecule has 2 aromatic carbocycles. The summed E-state index contributed by atoms with van der Waals surface area (Å²) in [6.07, 6.45) is 2.51. The number of carbonyl (C=O) groups excluding carboxylic acids is 1. The molecule has 1 heterocycles. The van der Waals surface area contributed by atoms with Crippen molar-refractivity contribution >= 4 is 40.3 Å². The minimum atomic E-state index is -0.111. The quantitative estimate of drug-likeness (QED) is 0.325. The van der Waals surface area contributed by atoms with E-state index in [2.05, 4.69) is 19.9 Å². The third kappa shape index (κ3) is 5.15. The van der Waals surface area contributed by atoms with Crippen LogP contribution in [-0.4, -0.2) is 42.5 Å². The van der Waals surface area contributed by atoms with E-state index < -0.39 is 0 Å². The number of para-hydroxylation sites is 1. The maximum atomic E-state index is 12.3. The van der Waals surface area contributed by atoms with E-state index in [0.717, 1.165) is 11.3 Å². The van der Waals surface area contributed by atoms with Crippen molar-refractivity contribution in [2.45, 2.75) is 20.3 Å². The van der Waals surface area contributed by atoms with Gasteiger partial charge in [0, 0.05) is 19.0 Å². The second-order valence-corrected chi connectivity index (χ2v) is 8.59. The zero-order valence-corrected chi connectivity index (χ0v) is 19.2. The Morgan fingerprint density at radius 3 is 2.53 bits per heavy atom. The molecule has 0 bridgehead atoms. The summed E-state index contributed by atoms with van der Waals surface area (Å²) in [6, 6.07) is 11.7. The van der Waals surface area contributed by atoms with Crippen LogP contribution in [0.1, 0.15) is 23.1 Å². The lowest BCUT2D eigenvalue weighted by Gasteiger charge is -2.14. The smallest absolute Gasteiger partial charge is 0.265 e. The van der Waals surface area contributed by atoms with Crippen molar-refractivity contribution in [3.63, 3.8) is 0 Å². The van der Waals surface area contributed by atoms with Crippen molar-refractivity contribution in [1.82, 2.24) is 4.90 Å². The summed E-state index contributed by atoms with van der Waals surface area (Å²) in [5.74, 6) is 1.97. The number of nitrogens with zero attached hydrogens (tertiary/aromatic N) is 1. The van der Waals surface area contributed by atoms with Crippen molar-refractivity contribution in [3.05, 3.63) is 58.0 Å². The molecule has 0 atom stereocenters. The molecule has 0 radical (unpaired) electrons. The average Bonchev–Trinajstić information content (AvgIpc) is 2.97. The second kappa shape index (κ2) is 10.00. The van der Waals surface area contributed by atoms with E-state index >= 15 is 0 Å². The number of benzene rings is 2. The number of thioether (sulfide) groups is 1. The van der Waals surface area contributed by atoms with Crippen LogP contribution in [-0.2, 0) is 4.79 Å². The average molecular weight is 444 g/mol. The van der Waals surface area contributed by atoms with Crippen molar-refractivity contribution < 1.29 is 19.0 Å². The van der Waals surface area contributed by atoms with Crippen LogP contribution in [0.4, 0.5) is 0 Å². The minimum absolute atomic E-state index is 0.111. The zero-order chi connectivity index (χ0) is 21.7. The molecule has 0 unspecified atom stereocenters. The molecule has 1 aliphatic heterocycles. The first-order valence-electron chi connectivity index (χ1n) is 9.62. The first-order valence-corrected chi connectivity index (χ1v) is 10.8. The Morgan fingerprint density at radius 1 is 1.10 bits per heavy atom. The van der Waals surface area contributed by atoms with Crippen molar-refractivity contribution in [2.24, 2.45) is 0 Å². The number of aryl methyl sites for hydroxylation is 2. The van der Waals surface area contributed by atoms with E-state index in [4.69, 9.17) is 26.4 Å². The number of likely N-dealkylation sites (N-methyl/N-ethyl adjacent to an activating group) is 1. The third-order valence-electron chi connectivity index (χ3n) is 4.78. The van der Waals surface area contributed by atoms with Crippen LogP contribution < -0.4 is 14.2 Å². The molecule has 1 fully saturated rings. The Kier molecular flexibility index (Phi) is 7.39. The standard InChI is InChI=1S/C23H25NO4S2/c1-15-9-10-18(13-16(15)2)27-11-6-12-28-21-17(7-5-8-19(21)26-4)14-20-22(25)24(3)23(29)30-20/h5,7-10,13-14H,6,11-12H2,1-4H3/b20-14-. The van der Waals surface area contributed by atoms with Gasteiger partial charge in [-0.05, 0) is 49.2 Å². The highest BCUT2D eigenvalue weighted by Crippen LogP contribution is 2.37. The third-order valence-corrected chi connectivity index (χ3v) is 6.27. The lowest BCUT2D eigenvalue weighted by Crippen LogP contribution is -2.22. The Balaban J connectivity index is 1.64. The van der Waals surface area contributed by atoms with Crippen molar-refractivity contribution in [3.8, 4) is 17.2 Å². The van der Waals surface area contributed by atoms with Gasteiger partial charge in [-0.25, -0.2) is 0 Å². The summed E-state index contributed by atoms with van der Waals surface area (Å²) in [5, 5.41) is 0. The van der Waals surface area contributed by atoms with Gasteiger partial charge in [-0.1, -0.05) is 42.2 Å². The summed E-state index contributed by atoms with van der Waals surface area (Å²) in [5.41, 5.74) is 3.23. The summed E-state index contributed by atoms with van der Waals surface area (Å²) >= 11 is 6.49. The van der Waals surface area contributed by atoms with Gasteiger partial charge in [0.15, 0.2) is 11.5 Å². The Labute approximate surface area is 187 Å². The highest BCUT2D eigenvalue weighted by atomic mass is 32.2. The second-order valence-electron chi connectivity index (χ2n) is 6.92. The molecule has 7 heteroatoms. The van der Waals surface area contributed by atoms with Gasteiger partial charge in [0.25, 0.3) is 5.91 Å². The molecular formula is C23H25NO4S2. The molecule has 0 aromatic heterocycles. The first kappa shape index (κ1) is 22.2. The van der Waals surface area contributed by atoms with Gasteiger partial charge in [0.1, 0.15) is 10.1 Å². The highest BCUT2D eigenvalue weighted by Gasteiger charge is 2.29. The molecule has 1 aliphatic rings. The topological polar surface area (TPSA) is 48.0 Å². The number of ether oxygens (including phenoxy) is 3. The number of hydrogen-bond acceptors (Lipinski definition) is 6. The number of amides is 1. The minimum Gasteiger partial charge on any atom is -0.493 e. The largest absolute Gasteiger partial charge is 0.493 e. The molecule has 0 aliphatic carbocycles. The van der Waals surface area contributed by atoms with Crippen LogP contribution in [0.2, 0.25) is 0 Å². The number of rotatable bonds is 8. The predicted molar refractivity (Wildman–Crippen MR) is 125 cm³/mol. The molecule has 0 saturated carbocycles. The first-order chi connectivity index (χ1) is 14.4. The fourth-order valence-corrected chi connectivity index (χ4v) is 4.05. The maximum absolute atomic E-state index is 12.3. The summed E-state index contributed by atoms with van der Waals surface area (Å²) < 4.78 is 17.8. The van der Waals surface area contributed by atoms with Crippen molar-refractivity contribution in [1.29, 1.82) is 0 Å². The van der Waals surface area contributed by atoms with E-state index in [1.54, 1.807) is 20.2 Å². The number of hydrogen-bond donors (Lipinski definition) is 0. The molecule has 0 N–H and O–H groups in total. The molecule has 3 rings (SSSR count). The Bertz CT molecular complexity index is 987. The van der Waals surface area contributed by atoms with Gasteiger partial charge in [-0.2, -0.15) is 0 Å². The fourth-order valence-electron chi connectivity index (χ4n) is 2.88. The van der Waals surface area contributed by atoms with Crippen molar-refractivity contribution in [2.75, 3.05) is 27.4 Å². The van der Waals surface area contributed by atoms with Crippen LogP contribution in [0.3, 0.4) is 0 Å². The number of methoxy groups -OCH3 is 1. The highest BCUT2D eigenvalue weighted by molar-refractivity contribution is 8.26. The summed E-state index contributed by atoms with van der Waals surface area (Å²) in [7, 11) is 3.28. The molecule has 5 nitrogen and oxygen atoms in total. The lowest BCUT2D eigenvalue weighted by molar-refractivity contribution is -0.121. The predicted octanol–water partition coefficient (Wildman–Crippen LogP) is 4.99. The molecule has 30 heavy (non-hydrogen) atoms. The van der Waals surface area contributed by atoms with E-state index in [9.17, 15) is 4.79 Å². The van der Waals surface area contributed by atoms with Gasteiger partial charge in [-0.15, -0.1) is 0 Å². The molecule has 158 valence electrons. The van der Waals surface area contributed by atoms with Crippen LogP contribution in [0.15, 0.2) is 41.3 Å².